The molecule has 0 unspecified atom stereocenters. The number of hydrogen-bond donors (Lipinski definition) is 0. The molecule has 0 aromatic heterocycles. The Bertz CT molecular complexity index is 856. The Morgan fingerprint density at radius 1 is 0.833 bits per heavy atom. The third-order valence-corrected chi connectivity index (χ3v) is 4.95. The average molecular weight is 372 g/mol. The lowest BCUT2D eigenvalue weighted by atomic mass is 10.2. The Balaban J connectivity index is 1.70. The van der Waals surface area contributed by atoms with Crippen LogP contribution in [0.3, 0.4) is 0 Å². The van der Waals surface area contributed by atoms with Gasteiger partial charge in [0.15, 0.2) is 0 Å². The molecule has 0 saturated heterocycles. The second-order valence-corrected chi connectivity index (χ2v) is 7.33. The van der Waals surface area contributed by atoms with Gasteiger partial charge in [0.1, 0.15) is 0 Å². The molecular formula is C20H15Cl2NS. The van der Waals surface area contributed by atoms with Crippen LogP contribution in [0.4, 0.5) is 5.69 Å². The maximum absolute atomic E-state index is 6.12. The highest BCUT2D eigenvalue weighted by molar-refractivity contribution is 7.99. The maximum atomic E-state index is 6.12. The Morgan fingerprint density at radius 2 is 1.46 bits per heavy atom. The van der Waals surface area contributed by atoms with E-state index in [2.05, 4.69) is 48.3 Å². The first-order valence-corrected chi connectivity index (χ1v) is 9.01. The van der Waals surface area contributed by atoms with E-state index in [1.807, 2.05) is 18.2 Å². The molecule has 0 radical (unpaired) electrons. The van der Waals surface area contributed by atoms with E-state index >= 15 is 0 Å². The molecule has 0 aliphatic carbocycles. The minimum atomic E-state index is 0.547. The molecule has 120 valence electrons. The van der Waals surface area contributed by atoms with Crippen LogP contribution in [0.2, 0.25) is 10.0 Å². The van der Waals surface area contributed by atoms with Crippen LogP contribution in [0.15, 0.2) is 81.5 Å². The van der Waals surface area contributed by atoms with Crippen LogP contribution >= 0.6 is 35.0 Å². The standard InChI is InChI=1S/C20H15Cl2NS/c1-14-2-7-17(8-3-14)24-18-9-4-15(5-10-18)13-23-20-11-6-16(21)12-19(20)22/h2-13H,1H3. The van der Waals surface area contributed by atoms with Crippen LogP contribution in [0, 0.1) is 6.92 Å². The first-order valence-electron chi connectivity index (χ1n) is 7.44. The highest BCUT2D eigenvalue weighted by Gasteiger charge is 2.00. The number of rotatable bonds is 4. The fourth-order valence-electron chi connectivity index (χ4n) is 2.09. The van der Waals surface area contributed by atoms with Crippen LogP contribution in [0.1, 0.15) is 11.1 Å². The van der Waals surface area contributed by atoms with E-state index in [0.29, 0.717) is 15.7 Å². The summed E-state index contributed by atoms with van der Waals surface area (Å²) >= 11 is 13.8. The van der Waals surface area contributed by atoms with Crippen LogP contribution < -0.4 is 0 Å². The average Bonchev–Trinajstić information content (AvgIpc) is 2.57. The van der Waals surface area contributed by atoms with Crippen molar-refractivity contribution in [2.24, 2.45) is 4.99 Å². The highest BCUT2D eigenvalue weighted by Crippen LogP contribution is 2.29. The largest absolute Gasteiger partial charge is 0.255 e. The monoisotopic (exact) mass is 371 g/mol. The zero-order valence-corrected chi connectivity index (χ0v) is 15.4. The normalized spacial score (nSPS) is 11.1. The zero-order chi connectivity index (χ0) is 16.9. The lowest BCUT2D eigenvalue weighted by molar-refractivity contribution is 1.36. The third kappa shape index (κ3) is 4.64. The number of benzene rings is 3. The van der Waals surface area contributed by atoms with Gasteiger partial charge in [-0.2, -0.15) is 0 Å². The molecule has 0 bridgehead atoms. The van der Waals surface area contributed by atoms with E-state index in [1.165, 1.54) is 15.4 Å². The number of aryl methyl sites for hydroxylation is 1. The number of aliphatic imine (C=N–C) groups is 1. The van der Waals surface area contributed by atoms with Crippen molar-refractivity contribution in [1.29, 1.82) is 0 Å². The maximum Gasteiger partial charge on any atom is 0.0817 e. The van der Waals surface area contributed by atoms with Gasteiger partial charge >= 0.3 is 0 Å². The molecule has 0 atom stereocenters. The van der Waals surface area contributed by atoms with Gasteiger partial charge in [0.2, 0.25) is 0 Å². The van der Waals surface area contributed by atoms with E-state index in [0.717, 1.165) is 5.56 Å². The van der Waals surface area contributed by atoms with Gasteiger partial charge in [-0.05, 0) is 55.0 Å². The van der Waals surface area contributed by atoms with Crippen LogP contribution in [0.25, 0.3) is 0 Å². The van der Waals surface area contributed by atoms with E-state index in [9.17, 15) is 0 Å². The Morgan fingerprint density at radius 3 is 2.08 bits per heavy atom. The minimum Gasteiger partial charge on any atom is -0.255 e. The molecule has 0 fully saturated rings. The summed E-state index contributed by atoms with van der Waals surface area (Å²) in [5.41, 5.74) is 3.00. The van der Waals surface area contributed by atoms with Crippen LogP contribution in [-0.2, 0) is 0 Å². The summed E-state index contributed by atoms with van der Waals surface area (Å²) in [6.07, 6.45) is 1.80. The smallest absolute Gasteiger partial charge is 0.0817 e. The molecule has 1 nitrogen and oxygen atoms in total. The van der Waals surface area contributed by atoms with Gasteiger partial charge in [0, 0.05) is 21.0 Å². The van der Waals surface area contributed by atoms with Gasteiger partial charge in [0.05, 0.1) is 10.7 Å². The summed E-state index contributed by atoms with van der Waals surface area (Å²) in [7, 11) is 0. The SMILES string of the molecule is Cc1ccc(Sc2ccc(C=Nc3ccc(Cl)cc3Cl)cc2)cc1. The van der Waals surface area contributed by atoms with E-state index in [-0.39, 0.29) is 0 Å². The molecule has 3 aromatic rings. The molecule has 3 rings (SSSR count). The summed E-state index contributed by atoms with van der Waals surface area (Å²) in [5.74, 6) is 0. The molecule has 0 aliphatic heterocycles. The van der Waals surface area contributed by atoms with Crippen molar-refractivity contribution in [2.45, 2.75) is 16.7 Å². The molecule has 0 spiro atoms. The summed E-state index contributed by atoms with van der Waals surface area (Å²) in [5, 5.41) is 1.15. The minimum absolute atomic E-state index is 0.547. The first-order chi connectivity index (χ1) is 11.6. The van der Waals surface area contributed by atoms with Gasteiger partial charge in [-0.25, -0.2) is 0 Å². The Labute approximate surface area is 156 Å². The molecule has 0 heterocycles. The fraction of sp³-hybridized carbons (Fsp3) is 0.0500. The van der Waals surface area contributed by atoms with Crippen molar-refractivity contribution in [2.75, 3.05) is 0 Å². The van der Waals surface area contributed by atoms with Gasteiger partial charge in [0.25, 0.3) is 0 Å². The zero-order valence-electron chi connectivity index (χ0n) is 13.0. The first kappa shape index (κ1) is 17.1. The van der Waals surface area contributed by atoms with Crippen molar-refractivity contribution < 1.29 is 0 Å². The van der Waals surface area contributed by atoms with Crippen molar-refractivity contribution in [3.8, 4) is 0 Å². The van der Waals surface area contributed by atoms with Crippen molar-refractivity contribution >= 4 is 46.9 Å². The van der Waals surface area contributed by atoms with Crippen LogP contribution in [0.5, 0.6) is 0 Å². The molecule has 24 heavy (non-hydrogen) atoms. The highest BCUT2D eigenvalue weighted by atomic mass is 35.5. The van der Waals surface area contributed by atoms with Gasteiger partial charge in [-0.3, -0.25) is 4.99 Å². The van der Waals surface area contributed by atoms with E-state index in [1.54, 1.807) is 30.1 Å². The molecule has 0 aliphatic rings. The van der Waals surface area contributed by atoms with Gasteiger partial charge < -0.3 is 0 Å². The Hall–Kier alpha value is -1.74. The molecule has 0 amide bonds. The summed E-state index contributed by atoms with van der Waals surface area (Å²) < 4.78 is 0. The van der Waals surface area contributed by atoms with E-state index in [4.69, 9.17) is 23.2 Å². The molecular weight excluding hydrogens is 357 g/mol. The second kappa shape index (κ2) is 7.89. The molecule has 0 N–H and O–H groups in total. The third-order valence-electron chi connectivity index (χ3n) is 3.40. The summed E-state index contributed by atoms with van der Waals surface area (Å²) in [6, 6.07) is 22.1. The lowest BCUT2D eigenvalue weighted by Gasteiger charge is -2.03. The van der Waals surface area contributed by atoms with Gasteiger partial charge in [-0.15, -0.1) is 0 Å². The topological polar surface area (TPSA) is 12.4 Å². The van der Waals surface area contributed by atoms with Crippen molar-refractivity contribution in [3.63, 3.8) is 0 Å². The van der Waals surface area contributed by atoms with Crippen molar-refractivity contribution in [3.05, 3.63) is 87.9 Å². The fourth-order valence-corrected chi connectivity index (χ4v) is 3.37. The predicted octanol–water partition coefficient (Wildman–Crippen LogP) is 7.20. The Kier molecular flexibility index (Phi) is 5.62. The van der Waals surface area contributed by atoms with E-state index < -0.39 is 0 Å². The predicted molar refractivity (Wildman–Crippen MR) is 105 cm³/mol. The lowest BCUT2D eigenvalue weighted by Crippen LogP contribution is -1.81. The quantitative estimate of drug-likeness (QED) is 0.441. The van der Waals surface area contributed by atoms with Gasteiger partial charge in [-0.1, -0.05) is 64.8 Å². The van der Waals surface area contributed by atoms with Crippen molar-refractivity contribution in [1.82, 2.24) is 0 Å². The second-order valence-electron chi connectivity index (χ2n) is 5.34. The number of hydrogen-bond acceptors (Lipinski definition) is 2. The van der Waals surface area contributed by atoms with Crippen LogP contribution in [-0.4, -0.2) is 6.21 Å². The summed E-state index contributed by atoms with van der Waals surface area (Å²) in [6.45, 7) is 2.09. The molecule has 3 aromatic carbocycles. The molecule has 0 saturated carbocycles. The number of nitrogens with zero attached hydrogens (tertiary/aromatic N) is 1. The summed E-state index contributed by atoms with van der Waals surface area (Å²) in [4.78, 5) is 6.84. The number of halogens is 2. The molecule has 4 heteroatoms.